The van der Waals surface area contributed by atoms with Crippen LogP contribution in [-0.2, 0) is 11.3 Å². The van der Waals surface area contributed by atoms with Crippen LogP contribution in [0.3, 0.4) is 0 Å². The van der Waals surface area contributed by atoms with Crippen LogP contribution in [0.15, 0.2) is 60.0 Å². The Bertz CT molecular complexity index is 848. The maximum atomic E-state index is 11.9. The number of amides is 1. The van der Waals surface area contributed by atoms with Gasteiger partial charge in [-0.3, -0.25) is 4.79 Å². The van der Waals surface area contributed by atoms with Crippen molar-refractivity contribution in [2.75, 3.05) is 0 Å². The molecular weight excluding hydrogens is 396 g/mol. The molecule has 0 spiro atoms. The summed E-state index contributed by atoms with van der Waals surface area (Å²) in [6, 6.07) is 18.3. The number of aromatic nitrogens is 1. The van der Waals surface area contributed by atoms with Crippen LogP contribution in [0.2, 0.25) is 0 Å². The lowest BCUT2D eigenvalue weighted by molar-refractivity contribution is -0.120. The zero-order valence-corrected chi connectivity index (χ0v) is 16.3. The molecular formula is C20H19BrN2OS. The molecule has 0 saturated heterocycles. The molecule has 1 unspecified atom stereocenters. The number of hydrogen-bond donors (Lipinski definition) is 1. The van der Waals surface area contributed by atoms with Gasteiger partial charge in [-0.25, -0.2) is 4.98 Å². The zero-order valence-electron chi connectivity index (χ0n) is 13.9. The fraction of sp³-hybridized carbons (Fsp3) is 0.200. The summed E-state index contributed by atoms with van der Waals surface area (Å²) in [7, 11) is 0. The molecule has 1 amide bonds. The largest absolute Gasteiger partial charge is 0.351 e. The lowest BCUT2D eigenvalue weighted by Crippen LogP contribution is -2.30. The van der Waals surface area contributed by atoms with Gasteiger partial charge in [-0.2, -0.15) is 0 Å². The minimum absolute atomic E-state index is 0.0218. The number of rotatable bonds is 6. The molecule has 0 aliphatic carbocycles. The van der Waals surface area contributed by atoms with E-state index in [2.05, 4.69) is 50.9 Å². The van der Waals surface area contributed by atoms with E-state index >= 15 is 0 Å². The maximum absolute atomic E-state index is 11.9. The number of carbonyl (C=O) groups excluding carboxylic acids is 1. The quantitative estimate of drug-likeness (QED) is 0.558. The Hall–Kier alpha value is -1.98. The molecule has 0 aliphatic rings. The summed E-state index contributed by atoms with van der Waals surface area (Å²) in [4.78, 5) is 16.5. The van der Waals surface area contributed by atoms with Gasteiger partial charge < -0.3 is 5.32 Å². The highest BCUT2D eigenvalue weighted by Gasteiger charge is 2.12. The highest BCUT2D eigenvalue weighted by molar-refractivity contribution is 9.10. The second kappa shape index (κ2) is 8.41. The fourth-order valence-corrected chi connectivity index (χ4v) is 3.44. The topological polar surface area (TPSA) is 42.0 Å². The first-order chi connectivity index (χ1) is 12.2. The molecule has 1 heterocycles. The fourth-order valence-electron chi connectivity index (χ4n) is 2.45. The van der Waals surface area contributed by atoms with Crippen molar-refractivity contribution in [3.05, 3.63) is 65.5 Å². The summed E-state index contributed by atoms with van der Waals surface area (Å²) in [6.07, 6.45) is 0.771. The first-order valence-electron chi connectivity index (χ1n) is 8.19. The van der Waals surface area contributed by atoms with E-state index in [9.17, 15) is 4.79 Å². The van der Waals surface area contributed by atoms with Gasteiger partial charge in [-0.05, 0) is 18.1 Å². The number of benzene rings is 2. The van der Waals surface area contributed by atoms with Crippen LogP contribution in [0, 0.1) is 0 Å². The number of nitrogens with zero attached hydrogens (tertiary/aromatic N) is 1. The minimum atomic E-state index is -0.136. The summed E-state index contributed by atoms with van der Waals surface area (Å²) >= 11 is 5.00. The van der Waals surface area contributed by atoms with Crippen LogP contribution < -0.4 is 5.32 Å². The lowest BCUT2D eigenvalue weighted by Gasteiger charge is -2.09. The van der Waals surface area contributed by atoms with E-state index in [1.807, 2.05) is 37.3 Å². The number of hydrogen-bond acceptors (Lipinski definition) is 3. The third kappa shape index (κ3) is 4.55. The number of alkyl halides is 1. The number of thiazole rings is 1. The highest BCUT2D eigenvalue weighted by Crippen LogP contribution is 2.29. The highest BCUT2D eigenvalue weighted by atomic mass is 79.9. The molecule has 1 aromatic heterocycles. The molecule has 2 aromatic carbocycles. The third-order valence-corrected chi connectivity index (χ3v) is 5.81. The van der Waals surface area contributed by atoms with E-state index in [4.69, 9.17) is 4.98 Å². The monoisotopic (exact) mass is 414 g/mol. The first-order valence-corrected chi connectivity index (χ1v) is 9.99. The van der Waals surface area contributed by atoms with Gasteiger partial charge in [-0.15, -0.1) is 11.3 Å². The number of carbonyl (C=O) groups is 1. The average Bonchev–Trinajstić information content (AvgIpc) is 3.16. The van der Waals surface area contributed by atoms with Crippen LogP contribution in [0.1, 0.15) is 18.9 Å². The number of halogens is 1. The Morgan fingerprint density at radius 3 is 2.68 bits per heavy atom. The molecule has 128 valence electrons. The molecule has 0 saturated carbocycles. The van der Waals surface area contributed by atoms with Crippen molar-refractivity contribution in [2.45, 2.75) is 24.7 Å². The maximum Gasteiger partial charge on any atom is 0.234 e. The Kier molecular flexibility index (Phi) is 6.00. The van der Waals surface area contributed by atoms with E-state index < -0.39 is 0 Å². The third-order valence-electron chi connectivity index (χ3n) is 3.86. The van der Waals surface area contributed by atoms with E-state index in [-0.39, 0.29) is 10.7 Å². The van der Waals surface area contributed by atoms with Crippen molar-refractivity contribution in [3.63, 3.8) is 0 Å². The van der Waals surface area contributed by atoms with E-state index in [1.54, 1.807) is 11.3 Å². The molecule has 3 rings (SSSR count). The Balaban J connectivity index is 1.74. The smallest absolute Gasteiger partial charge is 0.234 e. The van der Waals surface area contributed by atoms with Gasteiger partial charge in [0.15, 0.2) is 0 Å². The Morgan fingerprint density at radius 1 is 1.16 bits per heavy atom. The van der Waals surface area contributed by atoms with Crippen molar-refractivity contribution >= 4 is 33.2 Å². The molecule has 3 aromatic rings. The van der Waals surface area contributed by atoms with Crippen molar-refractivity contribution in [2.24, 2.45) is 0 Å². The lowest BCUT2D eigenvalue weighted by atomic mass is 10.1. The van der Waals surface area contributed by atoms with Crippen molar-refractivity contribution < 1.29 is 4.79 Å². The number of nitrogens with one attached hydrogen (secondary N) is 1. The average molecular weight is 415 g/mol. The van der Waals surface area contributed by atoms with E-state index in [1.165, 1.54) is 0 Å². The predicted molar refractivity (Wildman–Crippen MR) is 108 cm³/mol. The van der Waals surface area contributed by atoms with Crippen molar-refractivity contribution in [1.29, 1.82) is 0 Å². The molecule has 5 heteroatoms. The molecule has 0 radical (unpaired) electrons. The summed E-state index contributed by atoms with van der Waals surface area (Å²) in [5.74, 6) is 0.0218. The Labute approximate surface area is 160 Å². The van der Waals surface area contributed by atoms with Gasteiger partial charge in [0.05, 0.1) is 10.5 Å². The zero-order chi connectivity index (χ0) is 17.6. The molecule has 3 nitrogen and oxygen atoms in total. The standard InChI is InChI=1S/C20H19BrN2OS/c1-2-17(21)19(24)22-12-14-7-6-10-16(11-14)20-23-18(13-25-20)15-8-4-3-5-9-15/h3-11,13,17H,2,12H2,1H3,(H,22,24). The molecule has 0 aliphatic heterocycles. The Morgan fingerprint density at radius 2 is 1.92 bits per heavy atom. The van der Waals surface area contributed by atoms with Gasteiger partial charge in [0.25, 0.3) is 0 Å². The van der Waals surface area contributed by atoms with Crippen LogP contribution >= 0.6 is 27.3 Å². The van der Waals surface area contributed by atoms with Crippen LogP contribution in [-0.4, -0.2) is 15.7 Å². The van der Waals surface area contributed by atoms with E-state index in [0.717, 1.165) is 33.8 Å². The van der Waals surface area contributed by atoms with Crippen molar-refractivity contribution in [3.8, 4) is 21.8 Å². The first kappa shape index (κ1) is 17.8. The van der Waals surface area contributed by atoms with Gasteiger partial charge >= 0.3 is 0 Å². The van der Waals surface area contributed by atoms with Gasteiger partial charge in [0.2, 0.25) is 5.91 Å². The molecule has 0 bridgehead atoms. The van der Waals surface area contributed by atoms with Crippen LogP contribution in [0.5, 0.6) is 0 Å². The van der Waals surface area contributed by atoms with Crippen molar-refractivity contribution in [1.82, 2.24) is 10.3 Å². The SMILES string of the molecule is CCC(Br)C(=O)NCc1cccc(-c2nc(-c3ccccc3)cs2)c1. The summed E-state index contributed by atoms with van der Waals surface area (Å²) < 4.78 is 0. The van der Waals surface area contributed by atoms with Gasteiger partial charge in [0, 0.05) is 23.1 Å². The van der Waals surface area contributed by atoms with Crippen LogP contribution in [0.4, 0.5) is 0 Å². The van der Waals surface area contributed by atoms with Crippen LogP contribution in [0.25, 0.3) is 21.8 Å². The minimum Gasteiger partial charge on any atom is -0.351 e. The second-order valence-electron chi connectivity index (χ2n) is 5.70. The summed E-state index contributed by atoms with van der Waals surface area (Å²) in [5, 5.41) is 6.02. The summed E-state index contributed by atoms with van der Waals surface area (Å²) in [6.45, 7) is 2.50. The molecule has 1 atom stereocenters. The summed E-state index contributed by atoms with van der Waals surface area (Å²) in [5.41, 5.74) is 4.25. The predicted octanol–water partition coefficient (Wildman–Crippen LogP) is 5.27. The van der Waals surface area contributed by atoms with E-state index in [0.29, 0.717) is 6.54 Å². The normalized spacial score (nSPS) is 11.9. The molecule has 25 heavy (non-hydrogen) atoms. The second-order valence-corrected chi connectivity index (χ2v) is 7.66. The molecule has 1 N–H and O–H groups in total. The van der Waals surface area contributed by atoms with Gasteiger partial charge in [0.1, 0.15) is 5.01 Å². The molecule has 0 fully saturated rings. The van der Waals surface area contributed by atoms with Gasteiger partial charge in [-0.1, -0.05) is 71.4 Å².